The van der Waals surface area contributed by atoms with Crippen LogP contribution in [0.25, 0.3) is 0 Å². The second-order valence-corrected chi connectivity index (χ2v) is 7.72. The van der Waals surface area contributed by atoms with Crippen molar-refractivity contribution in [2.45, 2.75) is 26.7 Å². The maximum Gasteiger partial charge on any atom is 0.338 e. The van der Waals surface area contributed by atoms with Gasteiger partial charge in [0, 0.05) is 12.1 Å². The Balaban J connectivity index is 1.74. The van der Waals surface area contributed by atoms with E-state index in [0.29, 0.717) is 28.6 Å². The molecule has 0 aliphatic carbocycles. The lowest BCUT2D eigenvalue weighted by molar-refractivity contribution is -0.147. The highest BCUT2D eigenvalue weighted by Gasteiger charge is 2.13. The minimum absolute atomic E-state index is 0.146. The summed E-state index contributed by atoms with van der Waals surface area (Å²) in [5.41, 5.74) is 1.12. The second-order valence-electron chi connectivity index (χ2n) is 7.31. The Morgan fingerprint density at radius 3 is 2.38 bits per heavy atom. The van der Waals surface area contributed by atoms with Crippen molar-refractivity contribution in [3.05, 3.63) is 59.1 Å². The molecule has 2 aromatic carbocycles. The van der Waals surface area contributed by atoms with Crippen LogP contribution in [-0.4, -0.2) is 37.0 Å². The molecular formula is C23H25ClN2O6. The number of nitrogens with one attached hydrogen (secondary N) is 2. The summed E-state index contributed by atoms with van der Waals surface area (Å²) in [5.74, 6) is -1.94. The fraction of sp³-hybridized carbons (Fsp3) is 0.304. The first-order chi connectivity index (χ1) is 15.2. The van der Waals surface area contributed by atoms with Gasteiger partial charge in [-0.2, -0.15) is 0 Å². The van der Waals surface area contributed by atoms with Gasteiger partial charge in [0.2, 0.25) is 5.91 Å². The van der Waals surface area contributed by atoms with Crippen LogP contribution in [0.3, 0.4) is 0 Å². The van der Waals surface area contributed by atoms with Crippen LogP contribution in [-0.2, 0) is 23.9 Å². The number of carbonyl (C=O) groups is 4. The van der Waals surface area contributed by atoms with E-state index in [-0.39, 0.29) is 18.8 Å². The molecule has 8 nitrogen and oxygen atoms in total. The molecule has 0 bridgehead atoms. The number of ether oxygens (including phenoxy) is 2. The topological polar surface area (TPSA) is 111 Å². The zero-order valence-corrected chi connectivity index (χ0v) is 18.6. The van der Waals surface area contributed by atoms with Crippen molar-refractivity contribution >= 4 is 46.7 Å². The first-order valence-corrected chi connectivity index (χ1v) is 10.4. The summed E-state index contributed by atoms with van der Waals surface area (Å²) in [6, 6.07) is 13.0. The lowest BCUT2D eigenvalue weighted by Gasteiger charge is -2.09. The van der Waals surface area contributed by atoms with Crippen LogP contribution in [0.5, 0.6) is 0 Å². The van der Waals surface area contributed by atoms with Crippen molar-refractivity contribution in [3.63, 3.8) is 0 Å². The second kappa shape index (κ2) is 12.5. The van der Waals surface area contributed by atoms with Gasteiger partial charge in [-0.1, -0.05) is 43.6 Å². The number of halogens is 1. The molecule has 0 saturated carbocycles. The highest BCUT2D eigenvalue weighted by atomic mass is 35.5. The summed E-state index contributed by atoms with van der Waals surface area (Å²) in [6.45, 7) is 3.67. The van der Waals surface area contributed by atoms with Crippen LogP contribution in [0.1, 0.15) is 37.0 Å². The summed E-state index contributed by atoms with van der Waals surface area (Å²) in [4.78, 5) is 47.8. The number of benzene rings is 2. The third kappa shape index (κ3) is 8.77. The van der Waals surface area contributed by atoms with Crippen molar-refractivity contribution in [2.75, 3.05) is 23.8 Å². The predicted molar refractivity (Wildman–Crippen MR) is 120 cm³/mol. The molecule has 2 amide bonds. The molecule has 0 saturated heterocycles. The third-order valence-electron chi connectivity index (χ3n) is 4.00. The Bertz CT molecular complexity index is 976. The Morgan fingerprint density at radius 2 is 1.66 bits per heavy atom. The fourth-order valence-corrected chi connectivity index (χ4v) is 2.64. The Kier molecular flexibility index (Phi) is 9.69. The van der Waals surface area contributed by atoms with Gasteiger partial charge in [-0.05, 0) is 36.2 Å². The molecule has 0 spiro atoms. The van der Waals surface area contributed by atoms with Crippen molar-refractivity contribution in [3.8, 4) is 0 Å². The standard InChI is InChI=1S/C23H25ClN2O6/c1-15(2)13-32-23(30)16-6-5-7-17(12-16)25-20(27)10-11-22(29)31-14-21(28)26-19-9-4-3-8-18(19)24/h3-9,12,15H,10-11,13-14H2,1-2H3,(H,25,27)(H,26,28). The van der Waals surface area contributed by atoms with Gasteiger partial charge in [-0.15, -0.1) is 0 Å². The van der Waals surface area contributed by atoms with Crippen LogP contribution in [0.4, 0.5) is 11.4 Å². The van der Waals surface area contributed by atoms with Gasteiger partial charge in [0.05, 0.1) is 29.3 Å². The summed E-state index contributed by atoms with van der Waals surface area (Å²) in [5, 5.41) is 5.50. The van der Waals surface area contributed by atoms with Crippen LogP contribution in [0.2, 0.25) is 5.02 Å². The van der Waals surface area contributed by atoms with Gasteiger partial charge in [0.15, 0.2) is 6.61 Å². The Hall–Kier alpha value is -3.39. The van der Waals surface area contributed by atoms with Crippen molar-refractivity contribution in [2.24, 2.45) is 5.92 Å². The highest BCUT2D eigenvalue weighted by Crippen LogP contribution is 2.20. The maximum atomic E-state index is 12.1. The summed E-state index contributed by atoms with van der Waals surface area (Å²) in [7, 11) is 0. The van der Waals surface area contributed by atoms with Crippen molar-refractivity contribution in [1.82, 2.24) is 0 Å². The average Bonchev–Trinajstić information content (AvgIpc) is 2.76. The van der Waals surface area contributed by atoms with Gasteiger partial charge in [0.1, 0.15) is 0 Å². The molecule has 0 heterocycles. The predicted octanol–water partition coefficient (Wildman–Crippen LogP) is 4.05. The number of hydrogen-bond donors (Lipinski definition) is 2. The molecule has 32 heavy (non-hydrogen) atoms. The zero-order valence-electron chi connectivity index (χ0n) is 17.9. The monoisotopic (exact) mass is 460 g/mol. The van der Waals surface area contributed by atoms with Gasteiger partial charge in [0.25, 0.3) is 5.91 Å². The van der Waals surface area contributed by atoms with E-state index in [0.717, 1.165) is 0 Å². The fourth-order valence-electron chi connectivity index (χ4n) is 2.46. The third-order valence-corrected chi connectivity index (χ3v) is 4.33. The average molecular weight is 461 g/mol. The SMILES string of the molecule is CC(C)COC(=O)c1cccc(NC(=O)CCC(=O)OCC(=O)Nc2ccccc2Cl)c1. The molecule has 170 valence electrons. The van der Waals surface area contributed by atoms with E-state index < -0.39 is 30.4 Å². The number of amides is 2. The van der Waals surface area contributed by atoms with Crippen LogP contribution >= 0.6 is 11.6 Å². The number of para-hydroxylation sites is 1. The van der Waals surface area contributed by atoms with Gasteiger partial charge in [-0.3, -0.25) is 14.4 Å². The van der Waals surface area contributed by atoms with E-state index in [9.17, 15) is 19.2 Å². The number of anilines is 2. The molecule has 2 rings (SSSR count). The van der Waals surface area contributed by atoms with Crippen LogP contribution in [0, 0.1) is 5.92 Å². The number of rotatable bonds is 10. The molecule has 2 N–H and O–H groups in total. The van der Waals surface area contributed by atoms with Gasteiger partial charge < -0.3 is 20.1 Å². The van der Waals surface area contributed by atoms with E-state index in [1.807, 2.05) is 13.8 Å². The van der Waals surface area contributed by atoms with Gasteiger partial charge >= 0.3 is 11.9 Å². The number of carbonyl (C=O) groups excluding carboxylic acids is 4. The minimum atomic E-state index is -0.694. The highest BCUT2D eigenvalue weighted by molar-refractivity contribution is 6.33. The largest absolute Gasteiger partial charge is 0.462 e. The van der Waals surface area contributed by atoms with E-state index in [4.69, 9.17) is 21.1 Å². The lowest BCUT2D eigenvalue weighted by atomic mass is 10.2. The molecule has 0 aromatic heterocycles. The molecule has 9 heteroatoms. The molecule has 0 aliphatic rings. The van der Waals surface area contributed by atoms with Gasteiger partial charge in [-0.25, -0.2) is 4.79 Å². The molecule has 0 unspecified atom stereocenters. The lowest BCUT2D eigenvalue weighted by Crippen LogP contribution is -2.22. The van der Waals surface area contributed by atoms with E-state index in [1.165, 1.54) is 6.07 Å². The molecule has 2 aromatic rings. The summed E-state index contributed by atoms with van der Waals surface area (Å²) >= 11 is 5.94. The maximum absolute atomic E-state index is 12.1. The van der Waals surface area contributed by atoms with E-state index in [2.05, 4.69) is 10.6 Å². The Morgan fingerprint density at radius 1 is 0.906 bits per heavy atom. The van der Waals surface area contributed by atoms with E-state index >= 15 is 0 Å². The molecule has 0 radical (unpaired) electrons. The van der Waals surface area contributed by atoms with Crippen molar-refractivity contribution < 1.29 is 28.7 Å². The van der Waals surface area contributed by atoms with E-state index in [1.54, 1.807) is 42.5 Å². The minimum Gasteiger partial charge on any atom is -0.462 e. The summed E-state index contributed by atoms with van der Waals surface area (Å²) < 4.78 is 10.0. The molecule has 0 aliphatic heterocycles. The zero-order chi connectivity index (χ0) is 23.5. The van der Waals surface area contributed by atoms with Crippen LogP contribution in [0.15, 0.2) is 48.5 Å². The first-order valence-electron chi connectivity index (χ1n) is 10.0. The normalized spacial score (nSPS) is 10.4. The quantitative estimate of drug-likeness (QED) is 0.517. The molecule has 0 atom stereocenters. The number of hydrogen-bond acceptors (Lipinski definition) is 6. The van der Waals surface area contributed by atoms with Crippen LogP contribution < -0.4 is 10.6 Å². The molecular weight excluding hydrogens is 436 g/mol. The van der Waals surface area contributed by atoms with Crippen molar-refractivity contribution in [1.29, 1.82) is 0 Å². The smallest absolute Gasteiger partial charge is 0.338 e. The first kappa shape index (κ1) is 24.9. The molecule has 0 fully saturated rings. The Labute approximate surface area is 191 Å². The number of esters is 2. The summed E-state index contributed by atoms with van der Waals surface area (Å²) in [6.07, 6.45) is -0.353.